The molecule has 2 aromatic rings. The largest absolute Gasteiger partial charge is 0.497 e. The Morgan fingerprint density at radius 3 is 2.46 bits per heavy atom. The topological polar surface area (TPSA) is 60.8 Å². The number of aromatic nitrogens is 1. The van der Waals surface area contributed by atoms with Gasteiger partial charge in [-0.15, -0.1) is 0 Å². The molecule has 0 bridgehead atoms. The van der Waals surface area contributed by atoms with Crippen LogP contribution in [0.1, 0.15) is 23.4 Å². The summed E-state index contributed by atoms with van der Waals surface area (Å²) in [5.41, 5.74) is 4.00. The van der Waals surface area contributed by atoms with Crippen molar-refractivity contribution in [2.75, 3.05) is 27.4 Å². The Labute approximate surface area is 169 Å². The van der Waals surface area contributed by atoms with E-state index in [-0.39, 0.29) is 11.1 Å². The first kappa shape index (κ1) is 20.2. The molecule has 0 aliphatic carbocycles. The lowest BCUT2D eigenvalue weighted by molar-refractivity contribution is -0.122. The van der Waals surface area contributed by atoms with E-state index in [0.717, 1.165) is 40.2 Å². The molecule has 1 saturated heterocycles. The zero-order valence-corrected chi connectivity index (χ0v) is 17.3. The van der Waals surface area contributed by atoms with Crippen LogP contribution in [0.2, 0.25) is 0 Å². The van der Waals surface area contributed by atoms with Crippen molar-refractivity contribution < 1.29 is 19.1 Å². The van der Waals surface area contributed by atoms with Gasteiger partial charge in [0, 0.05) is 37.3 Å². The predicted octanol–water partition coefficient (Wildman–Crippen LogP) is 4.18. The summed E-state index contributed by atoms with van der Waals surface area (Å²) in [6, 6.07) is 9.84. The van der Waals surface area contributed by atoms with Crippen molar-refractivity contribution >= 4 is 29.0 Å². The van der Waals surface area contributed by atoms with E-state index in [2.05, 4.69) is 4.57 Å². The molecule has 0 atom stereocenters. The Balaban J connectivity index is 1.86. The van der Waals surface area contributed by atoms with E-state index in [1.807, 2.05) is 50.3 Å². The second-order valence-electron chi connectivity index (χ2n) is 6.54. The molecule has 1 aromatic carbocycles. The van der Waals surface area contributed by atoms with Gasteiger partial charge in [-0.25, -0.2) is 0 Å². The van der Waals surface area contributed by atoms with Crippen LogP contribution in [0.25, 0.3) is 11.8 Å². The van der Waals surface area contributed by atoms with Crippen molar-refractivity contribution in [3.8, 4) is 11.4 Å². The van der Waals surface area contributed by atoms with Gasteiger partial charge >= 0.3 is 0 Å². The summed E-state index contributed by atoms with van der Waals surface area (Å²) in [6.07, 6.45) is 2.44. The van der Waals surface area contributed by atoms with Crippen molar-refractivity contribution in [2.45, 2.75) is 20.3 Å². The van der Waals surface area contributed by atoms with Crippen LogP contribution >= 0.6 is 11.8 Å². The summed E-state index contributed by atoms with van der Waals surface area (Å²) in [4.78, 5) is 26.5. The third-order valence-corrected chi connectivity index (χ3v) is 5.60. The first-order valence-corrected chi connectivity index (χ1v) is 9.85. The molecule has 0 radical (unpaired) electrons. The van der Waals surface area contributed by atoms with Crippen molar-refractivity contribution in [1.82, 2.24) is 9.47 Å². The number of benzene rings is 1. The van der Waals surface area contributed by atoms with E-state index in [9.17, 15) is 9.59 Å². The van der Waals surface area contributed by atoms with E-state index in [1.165, 1.54) is 4.90 Å². The van der Waals surface area contributed by atoms with Gasteiger partial charge in [0.15, 0.2) is 0 Å². The Bertz CT molecular complexity index is 915. The Kier molecular flexibility index (Phi) is 6.26. The van der Waals surface area contributed by atoms with Crippen LogP contribution < -0.4 is 4.74 Å². The number of carbonyl (C=O) groups excluding carboxylic acids is 2. The zero-order chi connectivity index (χ0) is 20.3. The molecule has 0 N–H and O–H groups in total. The number of amides is 2. The minimum absolute atomic E-state index is 0.226. The summed E-state index contributed by atoms with van der Waals surface area (Å²) < 4.78 is 12.3. The molecule has 1 fully saturated rings. The molecule has 1 aromatic heterocycles. The Morgan fingerprint density at radius 2 is 1.82 bits per heavy atom. The number of hydrogen-bond acceptors (Lipinski definition) is 5. The maximum absolute atomic E-state index is 12.6. The fourth-order valence-electron chi connectivity index (χ4n) is 3.26. The van der Waals surface area contributed by atoms with Crippen LogP contribution in [0.3, 0.4) is 0 Å². The zero-order valence-electron chi connectivity index (χ0n) is 16.5. The third-order valence-electron chi connectivity index (χ3n) is 4.69. The number of ether oxygens (including phenoxy) is 2. The highest BCUT2D eigenvalue weighted by Gasteiger charge is 2.34. The lowest BCUT2D eigenvalue weighted by atomic mass is 10.2. The molecule has 148 valence electrons. The molecule has 6 nitrogen and oxygen atoms in total. The summed E-state index contributed by atoms with van der Waals surface area (Å²) in [5, 5.41) is -0.226. The maximum atomic E-state index is 12.6. The summed E-state index contributed by atoms with van der Waals surface area (Å²) in [6.45, 7) is 4.92. The average Bonchev–Trinajstić information content (AvgIpc) is 3.11. The van der Waals surface area contributed by atoms with Gasteiger partial charge in [0.2, 0.25) is 0 Å². The van der Waals surface area contributed by atoms with Crippen molar-refractivity contribution in [2.24, 2.45) is 0 Å². The summed E-state index contributed by atoms with van der Waals surface area (Å²) in [5.74, 6) is 0.564. The summed E-state index contributed by atoms with van der Waals surface area (Å²) in [7, 11) is 3.24. The number of imide groups is 1. The molecule has 0 unspecified atom stereocenters. The van der Waals surface area contributed by atoms with Crippen LogP contribution in [-0.4, -0.2) is 48.0 Å². The number of thioether (sulfide) groups is 1. The molecule has 2 amide bonds. The van der Waals surface area contributed by atoms with Crippen LogP contribution in [0.4, 0.5) is 4.79 Å². The SMILES string of the molecule is COCCCN1C(=O)S/C(=C/c2cc(C)n(-c3ccc(OC)cc3)c2C)C1=O. The number of aryl methyl sites for hydroxylation is 1. The summed E-state index contributed by atoms with van der Waals surface area (Å²) >= 11 is 0.991. The first-order chi connectivity index (χ1) is 13.5. The van der Waals surface area contributed by atoms with Crippen molar-refractivity contribution in [3.05, 3.63) is 52.2 Å². The van der Waals surface area contributed by atoms with Gasteiger partial charge in [-0.05, 0) is 74.0 Å². The average molecular weight is 401 g/mol. The molecule has 2 heterocycles. The molecular weight excluding hydrogens is 376 g/mol. The van der Waals surface area contributed by atoms with Crippen LogP contribution in [-0.2, 0) is 9.53 Å². The third kappa shape index (κ3) is 4.00. The minimum atomic E-state index is -0.236. The molecule has 28 heavy (non-hydrogen) atoms. The molecule has 0 spiro atoms. The van der Waals surface area contributed by atoms with E-state index in [4.69, 9.17) is 9.47 Å². The van der Waals surface area contributed by atoms with E-state index >= 15 is 0 Å². The lowest BCUT2D eigenvalue weighted by Gasteiger charge is -2.11. The highest BCUT2D eigenvalue weighted by atomic mass is 32.2. The van der Waals surface area contributed by atoms with E-state index in [1.54, 1.807) is 14.2 Å². The lowest BCUT2D eigenvalue weighted by Crippen LogP contribution is -2.29. The van der Waals surface area contributed by atoms with Gasteiger partial charge in [0.05, 0.1) is 12.0 Å². The molecule has 0 saturated carbocycles. The number of carbonyl (C=O) groups is 2. The fourth-order valence-corrected chi connectivity index (χ4v) is 4.12. The van der Waals surface area contributed by atoms with Crippen molar-refractivity contribution in [3.63, 3.8) is 0 Å². The highest BCUT2D eigenvalue weighted by molar-refractivity contribution is 8.18. The highest BCUT2D eigenvalue weighted by Crippen LogP contribution is 2.34. The smallest absolute Gasteiger partial charge is 0.293 e. The molecule has 1 aliphatic heterocycles. The normalized spacial score (nSPS) is 15.7. The van der Waals surface area contributed by atoms with Gasteiger partial charge in [0.1, 0.15) is 5.75 Å². The second kappa shape index (κ2) is 8.67. The second-order valence-corrected chi connectivity index (χ2v) is 7.53. The van der Waals surface area contributed by atoms with Crippen molar-refractivity contribution in [1.29, 1.82) is 0 Å². The standard InChI is InChI=1S/C21H24N2O4S/c1-14-12-16(15(2)23(14)17-6-8-18(27-4)9-7-17)13-19-20(24)22(21(25)28-19)10-5-11-26-3/h6-9,12-13H,5,10-11H2,1-4H3/b19-13+. The Morgan fingerprint density at radius 1 is 1.11 bits per heavy atom. The van der Waals surface area contributed by atoms with E-state index in [0.29, 0.717) is 24.5 Å². The van der Waals surface area contributed by atoms with Gasteiger partial charge in [-0.2, -0.15) is 0 Å². The van der Waals surface area contributed by atoms with Crippen LogP contribution in [0.5, 0.6) is 5.75 Å². The van der Waals surface area contributed by atoms with E-state index < -0.39 is 0 Å². The van der Waals surface area contributed by atoms with Crippen LogP contribution in [0.15, 0.2) is 35.2 Å². The molecule has 1 aliphatic rings. The first-order valence-electron chi connectivity index (χ1n) is 9.04. The Hall–Kier alpha value is -2.51. The predicted molar refractivity (Wildman–Crippen MR) is 111 cm³/mol. The molecule has 7 heteroatoms. The minimum Gasteiger partial charge on any atom is -0.497 e. The number of rotatable bonds is 7. The molecular formula is C21H24N2O4S. The van der Waals surface area contributed by atoms with Crippen LogP contribution in [0, 0.1) is 13.8 Å². The number of methoxy groups -OCH3 is 2. The monoisotopic (exact) mass is 400 g/mol. The fraction of sp³-hybridized carbons (Fsp3) is 0.333. The van der Waals surface area contributed by atoms with Gasteiger partial charge in [-0.1, -0.05) is 0 Å². The number of nitrogens with zero attached hydrogens (tertiary/aromatic N) is 2. The quantitative estimate of drug-likeness (QED) is 0.516. The maximum Gasteiger partial charge on any atom is 0.293 e. The van der Waals surface area contributed by atoms with Gasteiger partial charge in [0.25, 0.3) is 11.1 Å². The molecule has 3 rings (SSSR count). The van der Waals surface area contributed by atoms with Gasteiger partial charge in [-0.3, -0.25) is 14.5 Å². The van der Waals surface area contributed by atoms with Gasteiger partial charge < -0.3 is 14.0 Å². The number of hydrogen-bond donors (Lipinski definition) is 0.